The van der Waals surface area contributed by atoms with E-state index in [4.69, 9.17) is 5.11 Å². The summed E-state index contributed by atoms with van der Waals surface area (Å²) in [7, 11) is 0. The molecule has 0 saturated heterocycles. The molecule has 5 nitrogen and oxygen atoms in total. The maximum Gasteiger partial charge on any atom is 0.339 e. The van der Waals surface area contributed by atoms with Gasteiger partial charge < -0.3 is 15.3 Å². The SMILES string of the molecule is CC(=O)SCCC=Cc1cc(C(=O)O)c(O)cc1O. The van der Waals surface area contributed by atoms with Crippen molar-refractivity contribution in [3.63, 3.8) is 0 Å². The molecule has 1 rings (SSSR count). The average molecular weight is 282 g/mol. The number of aromatic carboxylic acids is 1. The Bertz CT molecular complexity index is 522. The number of allylic oxidation sites excluding steroid dienone is 1. The van der Waals surface area contributed by atoms with E-state index in [-0.39, 0.29) is 16.4 Å². The van der Waals surface area contributed by atoms with Crippen molar-refractivity contribution in [1.29, 1.82) is 0 Å². The fourth-order valence-corrected chi connectivity index (χ4v) is 1.92. The number of carboxylic acids is 1. The van der Waals surface area contributed by atoms with E-state index in [0.29, 0.717) is 17.7 Å². The number of hydrogen-bond acceptors (Lipinski definition) is 5. The molecule has 1 aromatic rings. The fraction of sp³-hybridized carbons (Fsp3) is 0.231. The molecule has 0 bridgehead atoms. The zero-order chi connectivity index (χ0) is 14.4. The van der Waals surface area contributed by atoms with Gasteiger partial charge in [-0.15, -0.1) is 0 Å². The summed E-state index contributed by atoms with van der Waals surface area (Å²) in [6.07, 6.45) is 3.91. The summed E-state index contributed by atoms with van der Waals surface area (Å²) < 4.78 is 0. The highest BCUT2D eigenvalue weighted by molar-refractivity contribution is 8.13. The quantitative estimate of drug-likeness (QED) is 0.718. The Balaban J connectivity index is 2.77. The summed E-state index contributed by atoms with van der Waals surface area (Å²) in [4.78, 5) is 21.5. The Morgan fingerprint density at radius 2 is 1.95 bits per heavy atom. The average Bonchev–Trinajstić information content (AvgIpc) is 2.30. The van der Waals surface area contributed by atoms with Gasteiger partial charge in [0.25, 0.3) is 0 Å². The lowest BCUT2D eigenvalue weighted by molar-refractivity contribution is -0.109. The lowest BCUT2D eigenvalue weighted by Crippen LogP contribution is -1.97. The van der Waals surface area contributed by atoms with Crippen LogP contribution in [0.1, 0.15) is 29.3 Å². The number of phenolic OH excluding ortho intramolecular Hbond substituents is 1. The Morgan fingerprint density at radius 3 is 2.53 bits per heavy atom. The van der Waals surface area contributed by atoms with E-state index in [1.807, 2.05) is 0 Å². The van der Waals surface area contributed by atoms with E-state index in [0.717, 1.165) is 6.07 Å². The number of phenols is 2. The molecule has 0 aliphatic carbocycles. The third kappa shape index (κ3) is 4.67. The van der Waals surface area contributed by atoms with Crippen LogP contribution in [-0.2, 0) is 4.79 Å². The van der Waals surface area contributed by atoms with Gasteiger partial charge in [-0.2, -0.15) is 0 Å². The van der Waals surface area contributed by atoms with Crippen LogP contribution in [0.5, 0.6) is 11.5 Å². The van der Waals surface area contributed by atoms with E-state index in [9.17, 15) is 19.8 Å². The molecule has 0 radical (unpaired) electrons. The molecule has 0 aliphatic heterocycles. The largest absolute Gasteiger partial charge is 0.507 e. The Morgan fingerprint density at radius 1 is 1.26 bits per heavy atom. The summed E-state index contributed by atoms with van der Waals surface area (Å²) in [5, 5.41) is 27.8. The number of carbonyl (C=O) groups excluding carboxylic acids is 1. The third-order valence-electron chi connectivity index (χ3n) is 2.26. The number of carbonyl (C=O) groups is 2. The molecule has 0 fully saturated rings. The lowest BCUT2D eigenvalue weighted by Gasteiger charge is -2.04. The molecule has 0 amide bonds. The van der Waals surface area contributed by atoms with Crippen LogP contribution < -0.4 is 0 Å². The van der Waals surface area contributed by atoms with Gasteiger partial charge in [0, 0.05) is 24.3 Å². The molecule has 19 heavy (non-hydrogen) atoms. The van der Waals surface area contributed by atoms with Gasteiger partial charge in [-0.1, -0.05) is 23.9 Å². The molecular weight excluding hydrogens is 268 g/mol. The second kappa shape index (κ2) is 6.84. The van der Waals surface area contributed by atoms with Gasteiger partial charge in [0.15, 0.2) is 5.12 Å². The third-order valence-corrected chi connectivity index (χ3v) is 3.11. The topological polar surface area (TPSA) is 94.8 Å². The standard InChI is InChI=1S/C13H14O5S/c1-8(14)19-5-3-2-4-9-6-10(13(17)18)12(16)7-11(9)15/h2,4,6-7,15-16H,3,5H2,1H3,(H,17,18). The number of benzene rings is 1. The van der Waals surface area contributed by atoms with Crippen molar-refractivity contribution < 1.29 is 24.9 Å². The smallest absolute Gasteiger partial charge is 0.339 e. The van der Waals surface area contributed by atoms with Gasteiger partial charge in [0.1, 0.15) is 17.1 Å². The minimum atomic E-state index is -1.26. The van der Waals surface area contributed by atoms with E-state index in [1.54, 1.807) is 12.2 Å². The van der Waals surface area contributed by atoms with Crippen molar-refractivity contribution in [2.75, 3.05) is 5.75 Å². The fourth-order valence-electron chi connectivity index (χ4n) is 1.38. The predicted molar refractivity (Wildman–Crippen MR) is 73.5 cm³/mol. The van der Waals surface area contributed by atoms with Gasteiger partial charge >= 0.3 is 5.97 Å². The van der Waals surface area contributed by atoms with Crippen molar-refractivity contribution in [3.05, 3.63) is 29.3 Å². The first-order valence-corrected chi connectivity index (χ1v) is 6.49. The summed E-state index contributed by atoms with van der Waals surface area (Å²) in [6, 6.07) is 2.19. The summed E-state index contributed by atoms with van der Waals surface area (Å²) in [5.74, 6) is -1.32. The van der Waals surface area contributed by atoms with Crippen molar-refractivity contribution in [3.8, 4) is 11.5 Å². The van der Waals surface area contributed by atoms with Crippen LogP contribution in [0.4, 0.5) is 0 Å². The van der Waals surface area contributed by atoms with Crippen molar-refractivity contribution in [2.24, 2.45) is 0 Å². The molecular formula is C13H14O5S. The summed E-state index contributed by atoms with van der Waals surface area (Å²) in [5.41, 5.74) is 0.0404. The highest BCUT2D eigenvalue weighted by Crippen LogP contribution is 2.28. The van der Waals surface area contributed by atoms with E-state index in [2.05, 4.69) is 0 Å². The maximum atomic E-state index is 10.8. The molecule has 0 unspecified atom stereocenters. The molecule has 102 valence electrons. The van der Waals surface area contributed by atoms with Gasteiger partial charge in [0.2, 0.25) is 0 Å². The number of thioether (sulfide) groups is 1. The van der Waals surface area contributed by atoms with Gasteiger partial charge in [0.05, 0.1) is 0 Å². The van der Waals surface area contributed by atoms with Crippen molar-refractivity contribution in [2.45, 2.75) is 13.3 Å². The highest BCUT2D eigenvalue weighted by Gasteiger charge is 2.12. The Hall–Kier alpha value is -1.95. The Labute approximate surface area is 114 Å². The van der Waals surface area contributed by atoms with Crippen LogP contribution in [0.25, 0.3) is 6.08 Å². The molecule has 0 spiro atoms. The summed E-state index contributed by atoms with van der Waals surface area (Å²) >= 11 is 1.19. The molecule has 0 atom stereocenters. The molecule has 0 heterocycles. The number of aromatic hydroxyl groups is 2. The monoisotopic (exact) mass is 282 g/mol. The first-order chi connectivity index (χ1) is 8.91. The van der Waals surface area contributed by atoms with Gasteiger partial charge in [-0.05, 0) is 12.5 Å². The van der Waals surface area contributed by atoms with Crippen LogP contribution in [0.3, 0.4) is 0 Å². The predicted octanol–water partition coefficient (Wildman–Crippen LogP) is 2.48. The van der Waals surface area contributed by atoms with Crippen molar-refractivity contribution >= 4 is 28.9 Å². The molecule has 0 saturated carbocycles. The number of hydrogen-bond donors (Lipinski definition) is 3. The van der Waals surface area contributed by atoms with E-state index in [1.165, 1.54) is 24.8 Å². The van der Waals surface area contributed by atoms with Gasteiger partial charge in [-0.25, -0.2) is 4.79 Å². The van der Waals surface area contributed by atoms with Crippen LogP contribution in [-0.4, -0.2) is 32.2 Å². The van der Waals surface area contributed by atoms with Crippen molar-refractivity contribution in [1.82, 2.24) is 0 Å². The number of carboxylic acid groups (broad SMARTS) is 1. The second-order valence-electron chi connectivity index (χ2n) is 3.76. The molecule has 0 aromatic heterocycles. The van der Waals surface area contributed by atoms with Crippen LogP contribution >= 0.6 is 11.8 Å². The van der Waals surface area contributed by atoms with E-state index >= 15 is 0 Å². The molecule has 6 heteroatoms. The second-order valence-corrected chi connectivity index (χ2v) is 5.04. The minimum Gasteiger partial charge on any atom is -0.507 e. The molecule has 0 aliphatic rings. The van der Waals surface area contributed by atoms with Gasteiger partial charge in [-0.3, -0.25) is 4.79 Å². The van der Waals surface area contributed by atoms with Crippen LogP contribution in [0.2, 0.25) is 0 Å². The van der Waals surface area contributed by atoms with Crippen LogP contribution in [0.15, 0.2) is 18.2 Å². The maximum absolute atomic E-state index is 10.8. The first kappa shape index (κ1) is 15.1. The highest BCUT2D eigenvalue weighted by atomic mass is 32.2. The molecule has 3 N–H and O–H groups in total. The zero-order valence-electron chi connectivity index (χ0n) is 10.3. The Kier molecular flexibility index (Phi) is 5.44. The normalized spacial score (nSPS) is 10.8. The first-order valence-electron chi connectivity index (χ1n) is 5.51. The van der Waals surface area contributed by atoms with Crippen LogP contribution in [0, 0.1) is 0 Å². The lowest BCUT2D eigenvalue weighted by atomic mass is 10.1. The number of rotatable bonds is 5. The summed E-state index contributed by atoms with van der Waals surface area (Å²) in [6.45, 7) is 1.49. The molecule has 1 aromatic carbocycles. The van der Waals surface area contributed by atoms with E-state index < -0.39 is 11.7 Å². The zero-order valence-corrected chi connectivity index (χ0v) is 11.1. The minimum absolute atomic E-state index is 0.0362.